The highest BCUT2D eigenvalue weighted by atomic mass is 32.2. The molecule has 0 aliphatic rings. The van der Waals surface area contributed by atoms with Gasteiger partial charge in [-0.25, -0.2) is 4.68 Å². The third-order valence-electron chi connectivity index (χ3n) is 3.07. The van der Waals surface area contributed by atoms with Crippen LogP contribution in [0.15, 0.2) is 59.8 Å². The Morgan fingerprint density at radius 3 is 2.75 bits per heavy atom. The maximum absolute atomic E-state index is 12.6. The Balaban J connectivity index is 1.82. The molecule has 0 atom stereocenters. The lowest BCUT2D eigenvalue weighted by Crippen LogP contribution is -2.13. The highest BCUT2D eigenvalue weighted by molar-refractivity contribution is 7.99. The van der Waals surface area contributed by atoms with Crippen LogP contribution < -0.4 is 5.32 Å². The van der Waals surface area contributed by atoms with Crippen molar-refractivity contribution in [1.29, 1.82) is 0 Å². The molecule has 0 aliphatic heterocycles. The Morgan fingerprint density at radius 2 is 2.00 bits per heavy atom. The highest BCUT2D eigenvalue weighted by Crippen LogP contribution is 2.29. The Bertz CT molecular complexity index is 841. The first-order valence-electron chi connectivity index (χ1n) is 6.82. The summed E-state index contributed by atoms with van der Waals surface area (Å²) in [6.45, 7) is 0. The summed E-state index contributed by atoms with van der Waals surface area (Å²) in [4.78, 5) is 12.6. The minimum Gasteiger partial charge on any atom is -0.322 e. The quantitative estimate of drug-likeness (QED) is 0.718. The monoisotopic (exact) mass is 347 g/mol. The second kappa shape index (κ2) is 7.18. The molecule has 0 aliphatic carbocycles. The van der Waals surface area contributed by atoms with Gasteiger partial charge in [-0.3, -0.25) is 4.79 Å². The van der Waals surface area contributed by atoms with Crippen molar-refractivity contribution in [3.63, 3.8) is 0 Å². The molecule has 2 aromatic carbocycles. The van der Waals surface area contributed by atoms with Gasteiger partial charge in [0, 0.05) is 10.6 Å². The second-order valence-electron chi connectivity index (χ2n) is 4.63. The van der Waals surface area contributed by atoms with Crippen molar-refractivity contribution in [2.45, 2.75) is 10.7 Å². The molecule has 0 saturated carbocycles. The van der Waals surface area contributed by atoms with E-state index in [9.17, 15) is 13.6 Å². The number of carbonyl (C=O) groups is 1. The number of nitrogens with one attached hydrogen (secondary N) is 1. The Labute approximate surface area is 139 Å². The van der Waals surface area contributed by atoms with Gasteiger partial charge in [-0.05, 0) is 40.8 Å². The minimum absolute atomic E-state index is 0.190. The van der Waals surface area contributed by atoms with Crippen molar-refractivity contribution >= 4 is 23.4 Å². The number of benzene rings is 2. The predicted octanol–water partition coefficient (Wildman–Crippen LogP) is 3.23. The summed E-state index contributed by atoms with van der Waals surface area (Å²) in [6, 6.07) is 13.1. The normalized spacial score (nSPS) is 10.8. The van der Waals surface area contributed by atoms with Gasteiger partial charge in [0.2, 0.25) is 0 Å². The first-order chi connectivity index (χ1) is 11.6. The lowest BCUT2D eigenvalue weighted by Gasteiger charge is -2.10. The molecule has 122 valence electrons. The van der Waals surface area contributed by atoms with Crippen LogP contribution >= 0.6 is 11.8 Å². The molecule has 1 aromatic heterocycles. The van der Waals surface area contributed by atoms with Gasteiger partial charge in [0.25, 0.3) is 11.7 Å². The maximum atomic E-state index is 12.6. The number of amides is 1. The van der Waals surface area contributed by atoms with Gasteiger partial charge in [-0.2, -0.15) is 8.78 Å². The molecule has 0 saturated heterocycles. The van der Waals surface area contributed by atoms with Gasteiger partial charge in [0.1, 0.15) is 6.33 Å². The van der Waals surface area contributed by atoms with Crippen molar-refractivity contribution in [3.05, 3.63) is 60.4 Å². The van der Waals surface area contributed by atoms with Crippen LogP contribution in [0.2, 0.25) is 0 Å². The van der Waals surface area contributed by atoms with Gasteiger partial charge in [-0.15, -0.1) is 5.10 Å². The minimum atomic E-state index is -2.60. The zero-order chi connectivity index (χ0) is 16.9. The number of thioether (sulfide) groups is 1. The number of carbonyl (C=O) groups excluding carboxylic acids is 1. The number of alkyl halides is 2. The molecule has 0 spiro atoms. The Hall–Kier alpha value is -2.81. The third-order valence-corrected chi connectivity index (χ3v) is 3.85. The van der Waals surface area contributed by atoms with Gasteiger partial charge in [0.05, 0.1) is 11.3 Å². The van der Waals surface area contributed by atoms with E-state index in [1.54, 1.807) is 36.4 Å². The lowest BCUT2D eigenvalue weighted by atomic mass is 10.2. The first-order valence-corrected chi connectivity index (χ1v) is 7.70. The van der Waals surface area contributed by atoms with E-state index in [0.717, 1.165) is 0 Å². The number of hydrogen-bond acceptors (Lipinski definition) is 5. The van der Waals surface area contributed by atoms with Gasteiger partial charge in [0.15, 0.2) is 0 Å². The first kappa shape index (κ1) is 16.1. The smallest absolute Gasteiger partial charge is 0.288 e. The van der Waals surface area contributed by atoms with E-state index in [1.807, 2.05) is 0 Å². The molecule has 0 unspecified atom stereocenters. The summed E-state index contributed by atoms with van der Waals surface area (Å²) < 4.78 is 26.7. The third kappa shape index (κ3) is 3.74. The molecule has 9 heteroatoms. The van der Waals surface area contributed by atoms with Crippen molar-refractivity contribution in [2.75, 3.05) is 5.32 Å². The van der Waals surface area contributed by atoms with Crippen LogP contribution in [0.4, 0.5) is 14.5 Å². The number of hydrogen-bond donors (Lipinski definition) is 1. The largest absolute Gasteiger partial charge is 0.322 e. The van der Waals surface area contributed by atoms with Crippen LogP contribution in [0.1, 0.15) is 10.4 Å². The molecule has 1 heterocycles. The summed E-state index contributed by atoms with van der Waals surface area (Å²) in [7, 11) is 0. The van der Waals surface area contributed by atoms with Crippen LogP contribution in [0, 0.1) is 0 Å². The number of rotatable bonds is 5. The molecule has 1 amide bonds. The predicted molar refractivity (Wildman–Crippen MR) is 85.4 cm³/mol. The fraction of sp³-hybridized carbons (Fsp3) is 0.0667. The van der Waals surface area contributed by atoms with Crippen LogP contribution in [0.3, 0.4) is 0 Å². The standard InChI is InChI=1S/C15H11F2N5OS/c16-15(17)24-13-7-2-1-6-12(13)14(23)19-10-4-3-5-11(8-10)22-9-18-20-21-22/h1-9,15H,(H,19,23). The van der Waals surface area contributed by atoms with E-state index >= 15 is 0 Å². The van der Waals surface area contributed by atoms with Crippen LogP contribution in [0.25, 0.3) is 5.69 Å². The molecule has 0 bridgehead atoms. The maximum Gasteiger partial charge on any atom is 0.288 e. The van der Waals surface area contributed by atoms with Crippen molar-refractivity contribution < 1.29 is 13.6 Å². The Kier molecular flexibility index (Phi) is 4.80. The average Bonchev–Trinajstić information content (AvgIpc) is 3.09. The molecule has 1 N–H and O–H groups in total. The topological polar surface area (TPSA) is 72.7 Å². The number of aromatic nitrogens is 4. The molecule has 3 rings (SSSR count). The van der Waals surface area contributed by atoms with E-state index < -0.39 is 11.7 Å². The van der Waals surface area contributed by atoms with Crippen molar-refractivity contribution in [1.82, 2.24) is 20.2 Å². The van der Waals surface area contributed by atoms with Crippen LogP contribution in [-0.2, 0) is 0 Å². The van der Waals surface area contributed by atoms with E-state index in [0.29, 0.717) is 23.1 Å². The van der Waals surface area contributed by atoms with Gasteiger partial charge < -0.3 is 5.32 Å². The van der Waals surface area contributed by atoms with E-state index in [1.165, 1.54) is 23.1 Å². The van der Waals surface area contributed by atoms with Crippen LogP contribution in [-0.4, -0.2) is 31.9 Å². The summed E-state index contributed by atoms with van der Waals surface area (Å²) in [5.41, 5.74) is 1.36. The number of halogens is 2. The number of nitrogens with zero attached hydrogens (tertiary/aromatic N) is 4. The second-order valence-corrected chi connectivity index (χ2v) is 5.67. The number of tetrazole rings is 1. The molecule has 0 radical (unpaired) electrons. The van der Waals surface area contributed by atoms with Crippen molar-refractivity contribution in [3.8, 4) is 5.69 Å². The van der Waals surface area contributed by atoms with E-state index in [4.69, 9.17) is 0 Å². The lowest BCUT2D eigenvalue weighted by molar-refractivity contribution is 0.102. The number of anilines is 1. The molecule has 24 heavy (non-hydrogen) atoms. The van der Waals surface area contributed by atoms with Gasteiger partial charge in [-0.1, -0.05) is 30.0 Å². The molecule has 3 aromatic rings. The highest BCUT2D eigenvalue weighted by Gasteiger charge is 2.15. The SMILES string of the molecule is O=C(Nc1cccc(-n2cnnn2)c1)c1ccccc1SC(F)F. The van der Waals surface area contributed by atoms with E-state index in [2.05, 4.69) is 20.8 Å². The molecular formula is C15H11F2N5OS. The summed E-state index contributed by atoms with van der Waals surface area (Å²) in [6.07, 6.45) is 1.43. The summed E-state index contributed by atoms with van der Waals surface area (Å²) >= 11 is 0.340. The molecular weight excluding hydrogens is 336 g/mol. The molecule has 0 fully saturated rings. The zero-order valence-electron chi connectivity index (χ0n) is 12.1. The average molecular weight is 347 g/mol. The van der Waals surface area contributed by atoms with Crippen molar-refractivity contribution in [2.24, 2.45) is 0 Å². The van der Waals surface area contributed by atoms with Gasteiger partial charge >= 0.3 is 0 Å². The molecule has 6 nitrogen and oxygen atoms in total. The summed E-state index contributed by atoms with van der Waals surface area (Å²) in [5, 5.41) is 13.6. The van der Waals surface area contributed by atoms with E-state index in [-0.39, 0.29) is 10.5 Å². The summed E-state index contributed by atoms with van der Waals surface area (Å²) in [5.74, 6) is -3.06. The Morgan fingerprint density at radius 1 is 1.17 bits per heavy atom. The zero-order valence-corrected chi connectivity index (χ0v) is 13.0. The fourth-order valence-electron chi connectivity index (χ4n) is 2.06. The fourth-order valence-corrected chi connectivity index (χ4v) is 2.69. The van der Waals surface area contributed by atoms with Crippen LogP contribution in [0.5, 0.6) is 0 Å².